The number of rotatable bonds is 3. The van der Waals surface area contributed by atoms with E-state index in [0.717, 1.165) is 5.56 Å². The highest BCUT2D eigenvalue weighted by atomic mass is 16.1. The largest absolute Gasteiger partial charge is 0.282 e. The molecule has 4 rings (SSSR count). The highest BCUT2D eigenvalue weighted by molar-refractivity contribution is 6.37. The maximum atomic E-state index is 12.6. The predicted octanol–water partition coefficient (Wildman–Crippen LogP) is 2.76. The van der Waals surface area contributed by atoms with Crippen LogP contribution in [-0.2, 0) is 0 Å². The number of aromatic nitrogens is 2. The first kappa shape index (κ1) is 15.1. The average molecular weight is 329 g/mol. The maximum Gasteiger partial charge on any atom is 0.282 e. The van der Waals surface area contributed by atoms with Crippen molar-refractivity contribution < 1.29 is 0 Å². The van der Waals surface area contributed by atoms with Crippen molar-refractivity contribution in [2.45, 2.75) is 12.8 Å². The predicted molar refractivity (Wildman–Crippen MR) is 99.7 cm³/mol. The smallest absolute Gasteiger partial charge is 0.267 e. The van der Waals surface area contributed by atoms with E-state index in [1.165, 1.54) is 4.68 Å². The van der Waals surface area contributed by atoms with Gasteiger partial charge >= 0.3 is 0 Å². The maximum absolute atomic E-state index is 12.6. The highest BCUT2D eigenvalue weighted by Gasteiger charge is 2.19. The lowest BCUT2D eigenvalue weighted by Gasteiger charge is -2.08. The zero-order valence-corrected chi connectivity index (χ0v) is 13.6. The molecule has 1 aliphatic heterocycles. The van der Waals surface area contributed by atoms with E-state index in [1.807, 2.05) is 48.5 Å². The third kappa shape index (κ3) is 2.78. The van der Waals surface area contributed by atoms with Crippen LogP contribution in [0.2, 0.25) is 0 Å². The Morgan fingerprint density at radius 2 is 1.84 bits per heavy atom. The second-order valence-corrected chi connectivity index (χ2v) is 5.72. The lowest BCUT2D eigenvalue weighted by Crippen LogP contribution is -2.22. The van der Waals surface area contributed by atoms with Crippen LogP contribution < -0.4 is 5.56 Å². The molecular weight excluding hydrogens is 314 g/mol. The van der Waals surface area contributed by atoms with E-state index < -0.39 is 0 Å². The van der Waals surface area contributed by atoms with Crippen LogP contribution in [-0.4, -0.2) is 27.8 Å². The van der Waals surface area contributed by atoms with E-state index >= 15 is 0 Å². The lowest BCUT2D eigenvalue weighted by molar-refractivity contribution is 0.771. The molecule has 3 aromatic rings. The Hall–Kier alpha value is -3.41. The van der Waals surface area contributed by atoms with Gasteiger partial charge in [-0.3, -0.25) is 4.79 Å². The van der Waals surface area contributed by atoms with E-state index in [4.69, 9.17) is 0 Å². The molecule has 0 radical (unpaired) electrons. The molecule has 2 heterocycles. The third-order valence-electron chi connectivity index (χ3n) is 4.09. The van der Waals surface area contributed by atoms with E-state index in [0.29, 0.717) is 22.4 Å². The zero-order valence-electron chi connectivity index (χ0n) is 13.6. The molecular formula is C19H15N5O. The first-order valence-electron chi connectivity index (χ1n) is 7.93. The molecule has 2 aromatic carbocycles. The number of benzene rings is 2. The van der Waals surface area contributed by atoms with Gasteiger partial charge in [0.25, 0.3) is 5.56 Å². The van der Waals surface area contributed by atoms with Crippen molar-refractivity contribution >= 4 is 29.0 Å². The minimum absolute atomic E-state index is 0.0608. The van der Waals surface area contributed by atoms with Crippen molar-refractivity contribution in [3.05, 3.63) is 76.3 Å². The van der Waals surface area contributed by atoms with Crippen molar-refractivity contribution in [3.8, 4) is 0 Å². The number of hydrogen-bond donors (Lipinski definition) is 0. The van der Waals surface area contributed by atoms with Crippen molar-refractivity contribution in [2.24, 2.45) is 15.3 Å². The average Bonchev–Trinajstić information content (AvgIpc) is 3.11. The molecule has 122 valence electrons. The number of fused-ring (bicyclic) bond motifs is 1. The Kier molecular flexibility index (Phi) is 3.78. The monoisotopic (exact) mass is 329 g/mol. The Labute approximate surface area is 143 Å². The van der Waals surface area contributed by atoms with Crippen molar-refractivity contribution in [3.63, 3.8) is 0 Å². The summed E-state index contributed by atoms with van der Waals surface area (Å²) in [5.74, 6) is 0.463. The summed E-state index contributed by atoms with van der Waals surface area (Å²) in [6.45, 7) is 1.76. The normalized spacial score (nSPS) is 16.7. The standard InChI is InChI=1S/C19H15N5O/c1-13-22-17-10-6-5-9-15(17)19(25)24(13)21-12-18-16(11-20-23-18)14-7-3-2-4-8-14/h2-12,16H,1H3. The van der Waals surface area contributed by atoms with E-state index in [1.54, 1.807) is 25.4 Å². The summed E-state index contributed by atoms with van der Waals surface area (Å²) in [4.78, 5) is 17.1. The van der Waals surface area contributed by atoms with Crippen molar-refractivity contribution in [2.75, 3.05) is 0 Å². The van der Waals surface area contributed by atoms with Gasteiger partial charge in [-0.15, -0.1) is 0 Å². The van der Waals surface area contributed by atoms with Crippen LogP contribution >= 0.6 is 0 Å². The fourth-order valence-electron chi connectivity index (χ4n) is 2.82. The van der Waals surface area contributed by atoms with Crippen LogP contribution in [0.4, 0.5) is 0 Å². The number of aryl methyl sites for hydroxylation is 1. The molecule has 1 unspecified atom stereocenters. The molecule has 1 atom stereocenters. The topological polar surface area (TPSA) is 72.0 Å². The molecule has 0 bridgehead atoms. The van der Waals surface area contributed by atoms with Gasteiger partial charge in [0.15, 0.2) is 0 Å². The summed E-state index contributed by atoms with van der Waals surface area (Å²) in [7, 11) is 0. The summed E-state index contributed by atoms with van der Waals surface area (Å²) < 4.78 is 1.30. The van der Waals surface area contributed by atoms with E-state index in [-0.39, 0.29) is 11.5 Å². The second-order valence-electron chi connectivity index (χ2n) is 5.72. The second kappa shape index (κ2) is 6.24. The molecule has 1 aromatic heterocycles. The summed E-state index contributed by atoms with van der Waals surface area (Å²) in [6, 6.07) is 17.2. The Balaban J connectivity index is 1.71. The molecule has 0 saturated carbocycles. The summed E-state index contributed by atoms with van der Waals surface area (Å²) >= 11 is 0. The van der Waals surface area contributed by atoms with Gasteiger partial charge in [-0.2, -0.15) is 20.0 Å². The molecule has 6 nitrogen and oxygen atoms in total. The molecule has 25 heavy (non-hydrogen) atoms. The van der Waals surface area contributed by atoms with Crippen LogP contribution in [0.5, 0.6) is 0 Å². The molecule has 0 aliphatic carbocycles. The molecule has 1 aliphatic rings. The number of para-hydroxylation sites is 1. The van der Waals surface area contributed by atoms with Crippen molar-refractivity contribution in [1.82, 2.24) is 9.66 Å². The molecule has 0 amide bonds. The molecule has 6 heteroatoms. The van der Waals surface area contributed by atoms with Gasteiger partial charge < -0.3 is 0 Å². The number of nitrogens with zero attached hydrogens (tertiary/aromatic N) is 5. The lowest BCUT2D eigenvalue weighted by atomic mass is 9.96. The summed E-state index contributed by atoms with van der Waals surface area (Å²) in [5, 5.41) is 13.0. The van der Waals surface area contributed by atoms with Crippen LogP contribution in [0.25, 0.3) is 10.9 Å². The Morgan fingerprint density at radius 1 is 1.08 bits per heavy atom. The molecule has 0 saturated heterocycles. The Morgan fingerprint density at radius 3 is 2.68 bits per heavy atom. The molecule has 0 fully saturated rings. The van der Waals surface area contributed by atoms with Gasteiger partial charge in [0.2, 0.25) is 0 Å². The third-order valence-corrected chi connectivity index (χ3v) is 4.09. The van der Waals surface area contributed by atoms with Gasteiger partial charge in [0.05, 0.1) is 28.7 Å². The fourth-order valence-corrected chi connectivity index (χ4v) is 2.82. The molecule has 0 spiro atoms. The zero-order chi connectivity index (χ0) is 17.2. The van der Waals surface area contributed by atoms with Crippen LogP contribution in [0, 0.1) is 6.92 Å². The van der Waals surface area contributed by atoms with Crippen LogP contribution in [0.3, 0.4) is 0 Å². The fraction of sp³-hybridized carbons (Fsp3) is 0.105. The SMILES string of the molecule is Cc1nc2ccccc2c(=O)n1N=CC1=NN=CC1c1ccccc1. The quantitative estimate of drug-likeness (QED) is 0.693. The minimum Gasteiger partial charge on any atom is -0.267 e. The first-order valence-corrected chi connectivity index (χ1v) is 7.93. The molecule has 0 N–H and O–H groups in total. The number of hydrogen-bond acceptors (Lipinski definition) is 5. The van der Waals surface area contributed by atoms with Gasteiger partial charge in [-0.05, 0) is 24.6 Å². The van der Waals surface area contributed by atoms with E-state index in [9.17, 15) is 4.79 Å². The van der Waals surface area contributed by atoms with Crippen LogP contribution in [0.15, 0.2) is 74.7 Å². The Bertz CT molecular complexity index is 1080. The van der Waals surface area contributed by atoms with Gasteiger partial charge in [0, 0.05) is 6.21 Å². The minimum atomic E-state index is -0.199. The summed E-state index contributed by atoms with van der Waals surface area (Å²) in [5.41, 5.74) is 2.23. The van der Waals surface area contributed by atoms with E-state index in [2.05, 4.69) is 20.3 Å². The van der Waals surface area contributed by atoms with Gasteiger partial charge in [0.1, 0.15) is 5.82 Å². The highest BCUT2D eigenvalue weighted by Crippen LogP contribution is 2.18. The van der Waals surface area contributed by atoms with Gasteiger partial charge in [-0.1, -0.05) is 42.5 Å². The first-order chi connectivity index (χ1) is 12.2. The van der Waals surface area contributed by atoms with Crippen LogP contribution in [0.1, 0.15) is 17.3 Å². The summed E-state index contributed by atoms with van der Waals surface area (Å²) in [6.07, 6.45) is 3.35. The van der Waals surface area contributed by atoms with Gasteiger partial charge in [-0.25, -0.2) is 4.98 Å². The van der Waals surface area contributed by atoms with Crippen molar-refractivity contribution in [1.29, 1.82) is 0 Å².